The van der Waals surface area contributed by atoms with Crippen molar-refractivity contribution in [3.63, 3.8) is 0 Å². The molecule has 0 aliphatic heterocycles. The highest BCUT2D eigenvalue weighted by Crippen LogP contribution is 2.31. The lowest BCUT2D eigenvalue weighted by atomic mass is 10.2. The summed E-state index contributed by atoms with van der Waals surface area (Å²) in [5, 5.41) is 13.9. The maximum Gasteiger partial charge on any atom is 0.288 e. The fourth-order valence-corrected chi connectivity index (χ4v) is 1.58. The van der Waals surface area contributed by atoms with Gasteiger partial charge >= 0.3 is 0 Å². The maximum absolute atomic E-state index is 10.7. The number of benzene rings is 1. The van der Waals surface area contributed by atoms with E-state index in [-0.39, 0.29) is 10.7 Å². The Labute approximate surface area is 105 Å². The van der Waals surface area contributed by atoms with Crippen LogP contribution in [0.1, 0.15) is 12.5 Å². The standard InChI is InChI=1S/C11H15ClN2O3/c1-3-13-4-5-17-11-7-9(12)10(14(15)16)6-8(11)2/h6-7,13H,3-5H2,1-2H3. The summed E-state index contributed by atoms with van der Waals surface area (Å²) in [6, 6.07) is 2.91. The largest absolute Gasteiger partial charge is 0.492 e. The normalized spacial score (nSPS) is 10.3. The van der Waals surface area contributed by atoms with Crippen LogP contribution in [-0.2, 0) is 0 Å². The second kappa shape index (κ2) is 6.42. The first-order chi connectivity index (χ1) is 8.06. The van der Waals surface area contributed by atoms with E-state index < -0.39 is 4.92 Å². The molecule has 6 heteroatoms. The van der Waals surface area contributed by atoms with Crippen molar-refractivity contribution in [2.45, 2.75) is 13.8 Å². The molecule has 0 unspecified atom stereocenters. The number of likely N-dealkylation sites (N-methyl/N-ethyl adjacent to an activating group) is 1. The molecule has 1 N–H and O–H groups in total. The number of halogens is 1. The molecule has 1 aromatic rings. The summed E-state index contributed by atoms with van der Waals surface area (Å²) < 4.78 is 5.48. The summed E-state index contributed by atoms with van der Waals surface area (Å²) >= 11 is 5.80. The Morgan fingerprint density at radius 3 is 2.82 bits per heavy atom. The average molecular weight is 259 g/mol. The number of ether oxygens (including phenoxy) is 1. The molecule has 94 valence electrons. The predicted molar refractivity (Wildman–Crippen MR) is 66.9 cm³/mol. The van der Waals surface area contributed by atoms with E-state index in [1.165, 1.54) is 12.1 Å². The molecule has 0 bridgehead atoms. The Kier molecular flexibility index (Phi) is 5.18. The first-order valence-corrected chi connectivity index (χ1v) is 5.72. The first kappa shape index (κ1) is 13.7. The van der Waals surface area contributed by atoms with Gasteiger partial charge < -0.3 is 10.1 Å². The van der Waals surface area contributed by atoms with E-state index in [1.807, 2.05) is 6.92 Å². The summed E-state index contributed by atoms with van der Waals surface area (Å²) in [5.41, 5.74) is 0.612. The maximum atomic E-state index is 10.7. The number of nitro groups is 1. The summed E-state index contributed by atoms with van der Waals surface area (Å²) in [7, 11) is 0. The lowest BCUT2D eigenvalue weighted by molar-refractivity contribution is -0.384. The van der Waals surface area contributed by atoms with E-state index >= 15 is 0 Å². The van der Waals surface area contributed by atoms with Gasteiger partial charge in [-0.25, -0.2) is 0 Å². The topological polar surface area (TPSA) is 64.4 Å². The fraction of sp³-hybridized carbons (Fsp3) is 0.455. The molecule has 0 amide bonds. The van der Waals surface area contributed by atoms with Gasteiger partial charge in [0.15, 0.2) is 0 Å². The second-order valence-electron chi connectivity index (χ2n) is 3.53. The van der Waals surface area contributed by atoms with Crippen LogP contribution in [-0.4, -0.2) is 24.6 Å². The summed E-state index contributed by atoms with van der Waals surface area (Å²) in [6.45, 7) is 5.87. The summed E-state index contributed by atoms with van der Waals surface area (Å²) in [5.74, 6) is 0.582. The van der Waals surface area contributed by atoms with Crippen molar-refractivity contribution in [2.75, 3.05) is 19.7 Å². The Balaban J connectivity index is 2.74. The molecule has 5 nitrogen and oxygen atoms in total. The Morgan fingerprint density at radius 2 is 2.24 bits per heavy atom. The van der Waals surface area contributed by atoms with E-state index in [4.69, 9.17) is 16.3 Å². The van der Waals surface area contributed by atoms with Crippen LogP contribution in [0, 0.1) is 17.0 Å². The van der Waals surface area contributed by atoms with Gasteiger partial charge in [0.2, 0.25) is 0 Å². The van der Waals surface area contributed by atoms with Crippen LogP contribution < -0.4 is 10.1 Å². The van der Waals surface area contributed by atoms with Crippen LogP contribution in [0.3, 0.4) is 0 Å². The van der Waals surface area contributed by atoms with E-state index in [0.29, 0.717) is 17.9 Å². The highest BCUT2D eigenvalue weighted by Gasteiger charge is 2.15. The van der Waals surface area contributed by atoms with Gasteiger partial charge in [0.1, 0.15) is 17.4 Å². The summed E-state index contributed by atoms with van der Waals surface area (Å²) in [6.07, 6.45) is 0. The molecule has 0 aliphatic rings. The quantitative estimate of drug-likeness (QED) is 0.484. The van der Waals surface area contributed by atoms with Crippen molar-refractivity contribution in [1.29, 1.82) is 0 Å². The number of hydrogen-bond donors (Lipinski definition) is 1. The van der Waals surface area contributed by atoms with Gasteiger partial charge in [0.25, 0.3) is 5.69 Å². The van der Waals surface area contributed by atoms with Crippen LogP contribution in [0.2, 0.25) is 5.02 Å². The highest BCUT2D eigenvalue weighted by atomic mass is 35.5. The van der Waals surface area contributed by atoms with Crippen LogP contribution in [0.15, 0.2) is 12.1 Å². The minimum atomic E-state index is -0.502. The molecule has 0 saturated heterocycles. The third-order valence-corrected chi connectivity index (χ3v) is 2.53. The van der Waals surface area contributed by atoms with Gasteiger partial charge in [-0.2, -0.15) is 0 Å². The second-order valence-corrected chi connectivity index (χ2v) is 3.94. The number of nitrogens with one attached hydrogen (secondary N) is 1. The van der Waals surface area contributed by atoms with Gasteiger partial charge in [-0.3, -0.25) is 10.1 Å². The zero-order valence-corrected chi connectivity index (χ0v) is 10.6. The van der Waals surface area contributed by atoms with Crippen LogP contribution in [0.5, 0.6) is 5.75 Å². The van der Waals surface area contributed by atoms with E-state index in [1.54, 1.807) is 6.92 Å². The molecule has 0 aliphatic carbocycles. The van der Waals surface area contributed by atoms with Gasteiger partial charge in [0, 0.05) is 18.7 Å². The van der Waals surface area contributed by atoms with Gasteiger partial charge in [-0.15, -0.1) is 0 Å². The van der Waals surface area contributed by atoms with Crippen molar-refractivity contribution in [3.8, 4) is 5.75 Å². The van der Waals surface area contributed by atoms with Gasteiger partial charge in [-0.05, 0) is 19.0 Å². The number of aryl methyl sites for hydroxylation is 1. The van der Waals surface area contributed by atoms with E-state index in [2.05, 4.69) is 5.32 Å². The number of nitrogens with zero attached hydrogens (tertiary/aromatic N) is 1. The van der Waals surface area contributed by atoms with Crippen LogP contribution in [0.4, 0.5) is 5.69 Å². The number of nitro benzene ring substituents is 1. The molecule has 0 heterocycles. The van der Waals surface area contributed by atoms with Crippen molar-refractivity contribution in [1.82, 2.24) is 5.32 Å². The highest BCUT2D eigenvalue weighted by molar-refractivity contribution is 6.32. The van der Waals surface area contributed by atoms with Gasteiger partial charge in [-0.1, -0.05) is 18.5 Å². The number of rotatable bonds is 6. The minimum Gasteiger partial charge on any atom is -0.492 e. The molecule has 0 aromatic heterocycles. The van der Waals surface area contributed by atoms with Crippen LogP contribution in [0.25, 0.3) is 0 Å². The molecule has 1 aromatic carbocycles. The van der Waals surface area contributed by atoms with Crippen molar-refractivity contribution in [3.05, 3.63) is 32.8 Å². The first-order valence-electron chi connectivity index (χ1n) is 5.34. The fourth-order valence-electron chi connectivity index (χ4n) is 1.35. The Morgan fingerprint density at radius 1 is 1.53 bits per heavy atom. The Bertz CT molecular complexity index is 410. The summed E-state index contributed by atoms with van der Waals surface area (Å²) in [4.78, 5) is 10.2. The van der Waals surface area contributed by atoms with E-state index in [9.17, 15) is 10.1 Å². The minimum absolute atomic E-state index is 0.0943. The lowest BCUT2D eigenvalue weighted by Crippen LogP contribution is -2.20. The molecule has 0 atom stereocenters. The monoisotopic (exact) mass is 258 g/mol. The molecule has 17 heavy (non-hydrogen) atoms. The zero-order valence-electron chi connectivity index (χ0n) is 9.83. The number of hydrogen-bond acceptors (Lipinski definition) is 4. The molecule has 0 fully saturated rings. The zero-order chi connectivity index (χ0) is 12.8. The predicted octanol–water partition coefficient (Wildman–Crippen LogP) is 2.54. The van der Waals surface area contributed by atoms with Gasteiger partial charge in [0.05, 0.1) is 4.92 Å². The molecule has 0 radical (unpaired) electrons. The lowest BCUT2D eigenvalue weighted by Gasteiger charge is -2.09. The third kappa shape index (κ3) is 3.87. The Hall–Kier alpha value is -1.33. The smallest absolute Gasteiger partial charge is 0.288 e. The van der Waals surface area contributed by atoms with E-state index in [0.717, 1.165) is 13.1 Å². The average Bonchev–Trinajstić information content (AvgIpc) is 2.28. The van der Waals surface area contributed by atoms with Crippen molar-refractivity contribution < 1.29 is 9.66 Å². The van der Waals surface area contributed by atoms with Crippen molar-refractivity contribution >= 4 is 17.3 Å². The molecule has 0 spiro atoms. The van der Waals surface area contributed by atoms with Crippen LogP contribution >= 0.6 is 11.6 Å². The molecule has 0 saturated carbocycles. The third-order valence-electron chi connectivity index (χ3n) is 2.23. The molecule has 1 rings (SSSR count). The van der Waals surface area contributed by atoms with Crippen molar-refractivity contribution in [2.24, 2.45) is 0 Å². The molecular formula is C11H15ClN2O3. The molecular weight excluding hydrogens is 244 g/mol. The SMILES string of the molecule is CCNCCOc1cc(Cl)c([N+](=O)[O-])cc1C.